The maximum Gasteiger partial charge on any atom is 0.430 e. The molecule has 0 radical (unpaired) electrons. The number of halogens is 4. The molecule has 4 aromatic rings. The highest BCUT2D eigenvalue weighted by atomic mass is 19.4. The summed E-state index contributed by atoms with van der Waals surface area (Å²) in [5, 5.41) is 15.7. The van der Waals surface area contributed by atoms with Gasteiger partial charge in [-0.25, -0.2) is 4.39 Å². The van der Waals surface area contributed by atoms with Crippen LogP contribution in [0.4, 0.5) is 23.2 Å². The van der Waals surface area contributed by atoms with E-state index < -0.39 is 47.3 Å². The molecule has 0 aromatic heterocycles. The lowest BCUT2D eigenvalue weighted by atomic mass is 9.84. The molecule has 3 atom stereocenters. The summed E-state index contributed by atoms with van der Waals surface area (Å²) in [6.07, 6.45) is -4.65. The van der Waals surface area contributed by atoms with E-state index in [0.29, 0.717) is 31.6 Å². The van der Waals surface area contributed by atoms with Crippen LogP contribution in [0.25, 0.3) is 10.8 Å². The summed E-state index contributed by atoms with van der Waals surface area (Å²) < 4.78 is 61.9. The number of amides is 2. The van der Waals surface area contributed by atoms with Crippen LogP contribution in [-0.2, 0) is 26.3 Å². The number of aliphatic hydroxyl groups excluding tert-OH is 1. The van der Waals surface area contributed by atoms with Gasteiger partial charge in [0.05, 0.1) is 19.3 Å². The second-order valence-corrected chi connectivity index (χ2v) is 13.3. The molecule has 8 nitrogen and oxygen atoms in total. The fourth-order valence-electron chi connectivity index (χ4n) is 8.18. The largest absolute Gasteiger partial charge is 0.430 e. The monoisotopic (exact) mass is 690 g/mol. The molecule has 2 fully saturated rings. The van der Waals surface area contributed by atoms with Gasteiger partial charge in [-0.05, 0) is 65.4 Å². The average Bonchev–Trinajstić information content (AvgIpc) is 3.61. The van der Waals surface area contributed by atoms with Gasteiger partial charge in [-0.15, -0.1) is 0 Å². The van der Waals surface area contributed by atoms with E-state index in [2.05, 4.69) is 46.6 Å². The maximum atomic E-state index is 14.4. The van der Waals surface area contributed by atoms with Gasteiger partial charge >= 0.3 is 6.18 Å². The van der Waals surface area contributed by atoms with Crippen molar-refractivity contribution >= 4 is 28.3 Å². The Labute approximate surface area is 287 Å². The zero-order valence-electron chi connectivity index (χ0n) is 27.5. The van der Waals surface area contributed by atoms with E-state index in [4.69, 9.17) is 4.74 Å². The Balaban J connectivity index is 1.07. The fraction of sp³-hybridized carbons (Fsp3) is 0.368. The predicted molar refractivity (Wildman–Crippen MR) is 180 cm³/mol. The Morgan fingerprint density at radius 1 is 0.980 bits per heavy atom. The molecule has 50 heavy (non-hydrogen) atoms. The van der Waals surface area contributed by atoms with Crippen molar-refractivity contribution in [2.45, 2.75) is 48.7 Å². The minimum atomic E-state index is -5.10. The first kappa shape index (κ1) is 34.0. The number of carbonyl (C=O) groups excluding carboxylic acids is 2. The fourth-order valence-corrected chi connectivity index (χ4v) is 8.18. The summed E-state index contributed by atoms with van der Waals surface area (Å²) in [6, 6.07) is 25.4. The van der Waals surface area contributed by atoms with Gasteiger partial charge in [0.25, 0.3) is 11.5 Å². The molecule has 262 valence electrons. The molecule has 2 heterocycles. The number of likely N-dealkylation sites (tertiary alicyclic amines) is 1. The summed E-state index contributed by atoms with van der Waals surface area (Å²) in [6.45, 7) is 0.543. The molecule has 1 aliphatic carbocycles. The SMILES string of the molecule is CO[C@@](C(=O)NC[C@@H](O)CN1CN(c2ccc(F)cc2)C2(CCN([C@@H]3Cc4cccc5cccc3c45)CC2)C1=O)(c1ccccc1)C(F)(F)F. The molecule has 7 rings (SSSR count). The van der Waals surface area contributed by atoms with Crippen LogP contribution in [0.5, 0.6) is 0 Å². The summed E-state index contributed by atoms with van der Waals surface area (Å²) in [7, 11) is 0.806. The highest BCUT2D eigenvalue weighted by molar-refractivity contribution is 5.94. The summed E-state index contributed by atoms with van der Waals surface area (Å²) in [5.74, 6) is -2.12. The van der Waals surface area contributed by atoms with E-state index in [9.17, 15) is 32.3 Å². The van der Waals surface area contributed by atoms with E-state index in [1.54, 1.807) is 12.1 Å². The first-order chi connectivity index (χ1) is 24.0. The normalized spacial score (nSPS) is 20.8. The third kappa shape index (κ3) is 5.59. The number of nitrogens with zero attached hydrogens (tertiary/aromatic N) is 3. The van der Waals surface area contributed by atoms with Gasteiger partial charge < -0.3 is 25.0 Å². The first-order valence-corrected chi connectivity index (χ1v) is 16.7. The number of methoxy groups -OCH3 is 1. The summed E-state index contributed by atoms with van der Waals surface area (Å²) >= 11 is 0. The third-order valence-corrected chi connectivity index (χ3v) is 10.6. The van der Waals surface area contributed by atoms with Crippen LogP contribution in [0.2, 0.25) is 0 Å². The van der Waals surface area contributed by atoms with Crippen LogP contribution >= 0.6 is 0 Å². The Hall–Kier alpha value is -4.52. The number of anilines is 1. The molecule has 2 amide bonds. The number of hydrogen-bond acceptors (Lipinski definition) is 6. The van der Waals surface area contributed by atoms with Crippen molar-refractivity contribution in [3.63, 3.8) is 0 Å². The van der Waals surface area contributed by atoms with Gasteiger partial charge in [0.2, 0.25) is 5.91 Å². The lowest BCUT2D eigenvalue weighted by Gasteiger charge is -2.45. The number of piperidine rings is 1. The number of hydrogen-bond donors (Lipinski definition) is 2. The Morgan fingerprint density at radius 2 is 1.66 bits per heavy atom. The van der Waals surface area contributed by atoms with Crippen molar-refractivity contribution in [1.82, 2.24) is 15.1 Å². The average molecular weight is 691 g/mol. The highest BCUT2D eigenvalue weighted by Crippen LogP contribution is 2.46. The smallest absolute Gasteiger partial charge is 0.389 e. The summed E-state index contributed by atoms with van der Waals surface area (Å²) in [4.78, 5) is 33.3. The topological polar surface area (TPSA) is 85.3 Å². The van der Waals surface area contributed by atoms with Crippen LogP contribution in [0.15, 0.2) is 91.0 Å². The lowest BCUT2D eigenvalue weighted by Crippen LogP contribution is -2.57. The van der Waals surface area contributed by atoms with Crippen molar-refractivity contribution in [3.05, 3.63) is 114 Å². The zero-order valence-corrected chi connectivity index (χ0v) is 27.5. The van der Waals surface area contributed by atoms with Gasteiger partial charge in [-0.1, -0.05) is 66.7 Å². The van der Waals surface area contributed by atoms with Crippen molar-refractivity contribution in [2.24, 2.45) is 0 Å². The highest BCUT2D eigenvalue weighted by Gasteiger charge is 2.62. The van der Waals surface area contributed by atoms with E-state index in [1.807, 2.05) is 4.90 Å². The Bertz CT molecular complexity index is 1880. The Morgan fingerprint density at radius 3 is 2.32 bits per heavy atom. The molecule has 4 aromatic carbocycles. The molecule has 2 N–H and O–H groups in total. The number of nitrogens with one attached hydrogen (secondary N) is 1. The third-order valence-electron chi connectivity index (χ3n) is 10.6. The minimum Gasteiger partial charge on any atom is -0.389 e. The molecular weight excluding hydrogens is 652 g/mol. The maximum absolute atomic E-state index is 14.4. The number of benzene rings is 4. The number of ether oxygens (including phenoxy) is 1. The van der Waals surface area contributed by atoms with Gasteiger partial charge in [0, 0.05) is 44.0 Å². The number of aliphatic hydroxyl groups is 1. The molecule has 12 heteroatoms. The van der Waals surface area contributed by atoms with E-state index in [0.717, 1.165) is 25.7 Å². The molecule has 2 aliphatic heterocycles. The molecular formula is C38H38F4N4O4. The van der Waals surface area contributed by atoms with E-state index in [1.165, 1.54) is 57.1 Å². The molecule has 0 bridgehead atoms. The number of rotatable bonds is 9. The van der Waals surface area contributed by atoms with E-state index in [-0.39, 0.29) is 25.2 Å². The molecule has 1 spiro atoms. The quantitative estimate of drug-likeness (QED) is 0.232. The summed E-state index contributed by atoms with van der Waals surface area (Å²) in [5.41, 5.74) is -1.43. The van der Waals surface area contributed by atoms with Crippen LogP contribution in [0.3, 0.4) is 0 Å². The van der Waals surface area contributed by atoms with Crippen molar-refractivity contribution in [1.29, 1.82) is 0 Å². The van der Waals surface area contributed by atoms with Gasteiger partial charge in [0.1, 0.15) is 11.4 Å². The lowest BCUT2D eigenvalue weighted by molar-refractivity contribution is -0.265. The van der Waals surface area contributed by atoms with Crippen LogP contribution in [0.1, 0.15) is 35.6 Å². The molecule has 3 aliphatic rings. The van der Waals surface area contributed by atoms with Crippen LogP contribution < -0.4 is 10.2 Å². The standard InChI is InChI=1S/C38H38F4N4O4/c1-50-37(38(40,41)42,27-10-3-2-4-11-27)34(48)43-22-30(47)23-45-24-46(29-15-13-28(39)14-16-29)36(35(45)49)17-19-44(20-18-36)32-21-26-9-5-7-25-8-6-12-31(32)33(25)26/h2-16,30,32,47H,17-24H2,1H3,(H,43,48)/t30-,32-,37-/m1/s1. The molecule has 0 unspecified atom stereocenters. The first-order valence-electron chi connectivity index (χ1n) is 16.7. The van der Waals surface area contributed by atoms with Gasteiger partial charge in [-0.2, -0.15) is 13.2 Å². The second-order valence-electron chi connectivity index (χ2n) is 13.3. The van der Waals surface area contributed by atoms with Crippen molar-refractivity contribution in [2.75, 3.05) is 44.9 Å². The zero-order chi connectivity index (χ0) is 35.3. The minimum absolute atomic E-state index is 0.0816. The predicted octanol–water partition coefficient (Wildman–Crippen LogP) is 5.30. The molecule has 2 saturated heterocycles. The van der Waals surface area contributed by atoms with Crippen LogP contribution in [-0.4, -0.2) is 84.5 Å². The second kappa shape index (κ2) is 13.0. The number of β-amino-alcohol motifs (C(OH)–C–C–N with tert-alkyl or cyclic N) is 1. The molecule has 0 saturated carbocycles. The van der Waals surface area contributed by atoms with Crippen molar-refractivity contribution < 1.29 is 37.0 Å². The number of carbonyl (C=O) groups is 2. The van der Waals surface area contributed by atoms with E-state index >= 15 is 0 Å². The van der Waals surface area contributed by atoms with Gasteiger partial charge in [0.15, 0.2) is 0 Å². The van der Waals surface area contributed by atoms with Gasteiger partial charge in [-0.3, -0.25) is 14.5 Å². The number of alkyl halides is 3. The van der Waals surface area contributed by atoms with Crippen LogP contribution in [0, 0.1) is 5.82 Å². The van der Waals surface area contributed by atoms with Crippen molar-refractivity contribution in [3.8, 4) is 0 Å². The Kier molecular flexibility index (Phi) is 8.82.